The van der Waals surface area contributed by atoms with Crippen molar-refractivity contribution in [1.82, 2.24) is 25.3 Å². The number of guanidine groups is 1. The van der Waals surface area contributed by atoms with Crippen molar-refractivity contribution in [2.75, 3.05) is 53.0 Å². The largest absolute Gasteiger partial charge is 0.379 e. The number of aliphatic imine (C=N–C) groups is 1. The van der Waals surface area contributed by atoms with Crippen LogP contribution in [-0.2, 0) is 4.74 Å². The lowest BCUT2D eigenvalue weighted by molar-refractivity contribution is 0.0389. The molecule has 1 unspecified atom stereocenters. The number of ether oxygens (including phenoxy) is 1. The fraction of sp³-hybridized carbons (Fsp3) is 0.474. The molecule has 0 spiro atoms. The summed E-state index contributed by atoms with van der Waals surface area (Å²) in [4.78, 5) is 6.73. The minimum atomic E-state index is 0.0510. The maximum atomic E-state index is 6.03. The second-order valence-corrected chi connectivity index (χ2v) is 6.82. The zero-order chi connectivity index (χ0) is 18.9. The van der Waals surface area contributed by atoms with Gasteiger partial charge >= 0.3 is 0 Å². The van der Waals surface area contributed by atoms with Crippen LogP contribution in [0.1, 0.15) is 11.6 Å². The van der Waals surface area contributed by atoms with E-state index in [2.05, 4.69) is 25.6 Å². The molecular weight excluding hydrogens is 364 g/mol. The molecule has 7 nitrogen and oxygen atoms in total. The van der Waals surface area contributed by atoms with Crippen LogP contribution in [0.2, 0.25) is 5.02 Å². The molecule has 3 rings (SSSR count). The van der Waals surface area contributed by atoms with Gasteiger partial charge in [0.1, 0.15) is 0 Å². The van der Waals surface area contributed by atoms with E-state index >= 15 is 0 Å². The standard InChI is InChI=1S/C19H27ClN6O/c1-21-19(22-8-10-25-11-13-27-14-12-25)23-15-18(26-9-2-7-24-26)16-3-5-17(20)6-4-16/h2-7,9,18H,8,10-15H2,1H3,(H2,21,22,23). The predicted molar refractivity (Wildman–Crippen MR) is 108 cm³/mol. The Morgan fingerprint density at radius 3 is 2.70 bits per heavy atom. The first-order chi connectivity index (χ1) is 13.3. The zero-order valence-electron chi connectivity index (χ0n) is 15.6. The Hall–Kier alpha value is -2.09. The van der Waals surface area contributed by atoms with Crippen LogP contribution in [0.15, 0.2) is 47.7 Å². The van der Waals surface area contributed by atoms with Crippen LogP contribution in [0.3, 0.4) is 0 Å². The van der Waals surface area contributed by atoms with Crippen LogP contribution in [0.4, 0.5) is 0 Å². The van der Waals surface area contributed by atoms with Crippen LogP contribution >= 0.6 is 11.6 Å². The zero-order valence-corrected chi connectivity index (χ0v) is 16.4. The van der Waals surface area contributed by atoms with Gasteiger partial charge in [-0.3, -0.25) is 14.6 Å². The third kappa shape index (κ3) is 5.95. The quantitative estimate of drug-likeness (QED) is 0.555. The van der Waals surface area contributed by atoms with Gasteiger partial charge in [-0.05, 0) is 23.8 Å². The van der Waals surface area contributed by atoms with Crippen molar-refractivity contribution < 1.29 is 4.74 Å². The molecule has 0 saturated carbocycles. The Kier molecular flexibility index (Phi) is 7.50. The lowest BCUT2D eigenvalue weighted by Gasteiger charge is -2.27. The summed E-state index contributed by atoms with van der Waals surface area (Å²) in [5.74, 6) is 0.786. The lowest BCUT2D eigenvalue weighted by atomic mass is 10.1. The molecule has 1 fully saturated rings. The Morgan fingerprint density at radius 1 is 1.26 bits per heavy atom. The molecule has 2 N–H and O–H groups in total. The molecule has 27 heavy (non-hydrogen) atoms. The van der Waals surface area contributed by atoms with Crippen molar-refractivity contribution in [3.05, 3.63) is 53.3 Å². The van der Waals surface area contributed by atoms with Crippen LogP contribution in [0, 0.1) is 0 Å². The average molecular weight is 391 g/mol. The highest BCUT2D eigenvalue weighted by Gasteiger charge is 2.15. The van der Waals surface area contributed by atoms with Crippen LogP contribution < -0.4 is 10.6 Å². The van der Waals surface area contributed by atoms with Gasteiger partial charge in [-0.15, -0.1) is 0 Å². The molecule has 0 amide bonds. The molecule has 1 saturated heterocycles. The Bertz CT molecular complexity index is 697. The lowest BCUT2D eigenvalue weighted by Crippen LogP contribution is -2.45. The monoisotopic (exact) mass is 390 g/mol. The third-order valence-corrected chi connectivity index (χ3v) is 4.86. The van der Waals surface area contributed by atoms with Gasteiger partial charge < -0.3 is 15.4 Å². The van der Waals surface area contributed by atoms with E-state index < -0.39 is 0 Å². The van der Waals surface area contributed by atoms with Crippen molar-refractivity contribution in [3.8, 4) is 0 Å². The van der Waals surface area contributed by atoms with E-state index in [-0.39, 0.29) is 6.04 Å². The van der Waals surface area contributed by atoms with Crippen LogP contribution in [0.25, 0.3) is 0 Å². The number of halogens is 1. The summed E-state index contributed by atoms with van der Waals surface area (Å²) in [6.45, 7) is 6.11. The van der Waals surface area contributed by atoms with E-state index in [0.29, 0.717) is 6.54 Å². The van der Waals surface area contributed by atoms with Gasteiger partial charge in [0.2, 0.25) is 0 Å². The SMILES string of the molecule is CN=C(NCCN1CCOCC1)NCC(c1ccc(Cl)cc1)n1cccn1. The van der Waals surface area contributed by atoms with Crippen molar-refractivity contribution >= 4 is 17.6 Å². The predicted octanol–water partition coefficient (Wildman–Crippen LogP) is 1.62. The van der Waals surface area contributed by atoms with E-state index in [0.717, 1.165) is 55.9 Å². The first-order valence-electron chi connectivity index (χ1n) is 9.25. The molecule has 1 aliphatic heterocycles. The summed E-state index contributed by atoms with van der Waals surface area (Å²) in [5, 5.41) is 11.9. The fourth-order valence-corrected chi connectivity index (χ4v) is 3.21. The molecule has 1 aromatic carbocycles. The molecule has 8 heteroatoms. The summed E-state index contributed by atoms with van der Waals surface area (Å²) in [6, 6.07) is 9.86. The van der Waals surface area contributed by atoms with E-state index in [1.165, 1.54) is 0 Å². The number of benzene rings is 1. The highest BCUT2D eigenvalue weighted by Crippen LogP contribution is 2.19. The highest BCUT2D eigenvalue weighted by molar-refractivity contribution is 6.30. The second kappa shape index (κ2) is 10.3. The van der Waals surface area contributed by atoms with Gasteiger partial charge in [-0.1, -0.05) is 23.7 Å². The molecular formula is C19H27ClN6O. The third-order valence-electron chi connectivity index (χ3n) is 4.61. The Labute approximate surface area is 165 Å². The number of nitrogens with zero attached hydrogens (tertiary/aromatic N) is 4. The van der Waals surface area contributed by atoms with Gasteiger partial charge in [0.05, 0.1) is 19.3 Å². The molecule has 1 aliphatic rings. The van der Waals surface area contributed by atoms with Gasteiger partial charge in [-0.2, -0.15) is 5.10 Å². The number of morpholine rings is 1. The summed E-state index contributed by atoms with van der Waals surface area (Å²) < 4.78 is 7.33. The highest BCUT2D eigenvalue weighted by atomic mass is 35.5. The molecule has 146 valence electrons. The van der Waals surface area contributed by atoms with E-state index in [4.69, 9.17) is 16.3 Å². The number of hydrogen-bond acceptors (Lipinski definition) is 4. The molecule has 0 bridgehead atoms. The number of aromatic nitrogens is 2. The van der Waals surface area contributed by atoms with Gasteiger partial charge in [-0.25, -0.2) is 0 Å². The van der Waals surface area contributed by atoms with Gasteiger partial charge in [0, 0.05) is 57.2 Å². The molecule has 2 aromatic rings. The minimum absolute atomic E-state index is 0.0510. The summed E-state index contributed by atoms with van der Waals surface area (Å²) in [5.41, 5.74) is 1.14. The van der Waals surface area contributed by atoms with Gasteiger partial charge in [0.15, 0.2) is 5.96 Å². The molecule has 0 aliphatic carbocycles. The Balaban J connectivity index is 1.54. The topological polar surface area (TPSA) is 66.7 Å². The van der Waals surface area contributed by atoms with Crippen LogP contribution in [-0.4, -0.2) is 73.6 Å². The first-order valence-corrected chi connectivity index (χ1v) is 9.63. The fourth-order valence-electron chi connectivity index (χ4n) is 3.09. The van der Waals surface area contributed by atoms with E-state index in [1.807, 2.05) is 41.2 Å². The number of nitrogens with one attached hydrogen (secondary N) is 2. The van der Waals surface area contributed by atoms with E-state index in [1.54, 1.807) is 13.2 Å². The molecule has 1 atom stereocenters. The van der Waals surface area contributed by atoms with Crippen molar-refractivity contribution in [3.63, 3.8) is 0 Å². The maximum absolute atomic E-state index is 6.03. The van der Waals surface area contributed by atoms with Crippen molar-refractivity contribution in [2.45, 2.75) is 6.04 Å². The summed E-state index contributed by atoms with van der Waals surface area (Å²) in [7, 11) is 1.79. The van der Waals surface area contributed by atoms with Crippen LogP contribution in [0.5, 0.6) is 0 Å². The average Bonchev–Trinajstić information content (AvgIpc) is 3.23. The minimum Gasteiger partial charge on any atom is -0.379 e. The summed E-state index contributed by atoms with van der Waals surface area (Å²) >= 11 is 6.03. The van der Waals surface area contributed by atoms with Crippen molar-refractivity contribution in [1.29, 1.82) is 0 Å². The van der Waals surface area contributed by atoms with Crippen molar-refractivity contribution in [2.24, 2.45) is 4.99 Å². The summed E-state index contributed by atoms with van der Waals surface area (Å²) in [6.07, 6.45) is 3.76. The molecule has 1 aromatic heterocycles. The maximum Gasteiger partial charge on any atom is 0.191 e. The van der Waals surface area contributed by atoms with Gasteiger partial charge in [0.25, 0.3) is 0 Å². The Morgan fingerprint density at radius 2 is 2.04 bits per heavy atom. The molecule has 2 heterocycles. The first kappa shape index (κ1) is 19.7. The number of rotatable bonds is 7. The normalized spacial score (nSPS) is 16.9. The van der Waals surface area contributed by atoms with E-state index in [9.17, 15) is 0 Å². The molecule has 0 radical (unpaired) electrons. The smallest absolute Gasteiger partial charge is 0.191 e. The second-order valence-electron chi connectivity index (χ2n) is 6.39. The number of hydrogen-bond donors (Lipinski definition) is 2.